The van der Waals surface area contributed by atoms with Gasteiger partial charge in [0.15, 0.2) is 0 Å². The molecule has 0 atom stereocenters. The van der Waals surface area contributed by atoms with Gasteiger partial charge in [0.2, 0.25) is 11.8 Å². The van der Waals surface area contributed by atoms with Crippen molar-refractivity contribution in [2.75, 3.05) is 37.6 Å². The molecule has 4 rings (SSSR count). The second kappa shape index (κ2) is 7.67. The molecule has 0 bridgehead atoms. The van der Waals surface area contributed by atoms with Gasteiger partial charge in [0.1, 0.15) is 11.6 Å². The van der Waals surface area contributed by atoms with Crippen LogP contribution in [0.4, 0.5) is 14.5 Å². The normalized spacial score (nSPS) is 17.1. The molecule has 7 heteroatoms. The minimum absolute atomic E-state index is 0.0178. The summed E-state index contributed by atoms with van der Waals surface area (Å²) in [6.07, 6.45) is 0.845. The number of carbonyl (C=O) groups is 2. The first-order valence-corrected chi connectivity index (χ1v) is 9.33. The van der Waals surface area contributed by atoms with E-state index in [1.165, 1.54) is 12.1 Å². The summed E-state index contributed by atoms with van der Waals surface area (Å²) in [5, 5.41) is 0. The van der Waals surface area contributed by atoms with Crippen LogP contribution in [0.1, 0.15) is 11.1 Å². The van der Waals surface area contributed by atoms with Crippen molar-refractivity contribution in [3.63, 3.8) is 0 Å². The molecule has 146 valence electrons. The molecule has 0 unspecified atom stereocenters. The molecule has 0 spiro atoms. The van der Waals surface area contributed by atoms with Gasteiger partial charge in [-0.3, -0.25) is 14.5 Å². The second-order valence-corrected chi connectivity index (χ2v) is 7.19. The van der Waals surface area contributed by atoms with Crippen molar-refractivity contribution in [1.29, 1.82) is 0 Å². The van der Waals surface area contributed by atoms with E-state index in [4.69, 9.17) is 0 Å². The Hall–Kier alpha value is -2.80. The smallest absolute Gasteiger partial charge is 0.241 e. The van der Waals surface area contributed by atoms with Crippen LogP contribution in [0.15, 0.2) is 42.5 Å². The van der Waals surface area contributed by atoms with Crippen molar-refractivity contribution < 1.29 is 18.4 Å². The van der Waals surface area contributed by atoms with Crippen LogP contribution in [0.3, 0.4) is 0 Å². The Morgan fingerprint density at radius 2 is 1.86 bits per heavy atom. The first kappa shape index (κ1) is 18.6. The zero-order valence-corrected chi connectivity index (χ0v) is 15.4. The number of rotatable bonds is 4. The van der Waals surface area contributed by atoms with Crippen LogP contribution < -0.4 is 4.90 Å². The molecular weight excluding hydrogens is 364 g/mol. The molecule has 0 aromatic heterocycles. The lowest BCUT2D eigenvalue weighted by atomic mass is 10.1. The molecule has 28 heavy (non-hydrogen) atoms. The zero-order chi connectivity index (χ0) is 19.7. The molecule has 5 nitrogen and oxygen atoms in total. The molecular formula is C21H21F2N3O2. The van der Waals surface area contributed by atoms with Crippen molar-refractivity contribution in [3.05, 3.63) is 65.2 Å². The quantitative estimate of drug-likeness (QED) is 0.811. The van der Waals surface area contributed by atoms with Gasteiger partial charge in [-0.15, -0.1) is 0 Å². The van der Waals surface area contributed by atoms with Gasteiger partial charge in [0.25, 0.3) is 0 Å². The van der Waals surface area contributed by atoms with E-state index in [0.29, 0.717) is 19.6 Å². The van der Waals surface area contributed by atoms with Crippen LogP contribution in [0, 0.1) is 11.6 Å². The van der Waals surface area contributed by atoms with Gasteiger partial charge in [-0.25, -0.2) is 8.78 Å². The van der Waals surface area contributed by atoms with Gasteiger partial charge in [0.05, 0.1) is 13.1 Å². The van der Waals surface area contributed by atoms with Crippen molar-refractivity contribution >= 4 is 17.5 Å². The number of carbonyl (C=O) groups excluding carboxylic acids is 2. The van der Waals surface area contributed by atoms with E-state index < -0.39 is 11.6 Å². The highest BCUT2D eigenvalue weighted by Gasteiger charge is 2.29. The monoisotopic (exact) mass is 385 g/mol. The fourth-order valence-corrected chi connectivity index (χ4v) is 3.79. The Balaban J connectivity index is 1.34. The Morgan fingerprint density at radius 1 is 1.04 bits per heavy atom. The Labute approximate surface area is 162 Å². The highest BCUT2D eigenvalue weighted by atomic mass is 19.1. The molecule has 2 aliphatic heterocycles. The molecule has 0 N–H and O–H groups in total. The summed E-state index contributed by atoms with van der Waals surface area (Å²) in [6, 6.07) is 11.2. The van der Waals surface area contributed by atoms with Crippen LogP contribution in [0.2, 0.25) is 0 Å². The standard InChI is InChI=1S/C21H21F2N3O2/c22-17-6-5-16(18(23)11-17)12-25-10-9-24(13-20(25)27)14-21(28)26-8-7-15-3-1-2-4-19(15)26/h1-6,11H,7-10,12-14H2. The molecule has 2 aromatic rings. The van der Waals surface area contributed by atoms with Crippen molar-refractivity contribution in [1.82, 2.24) is 9.80 Å². The third-order valence-corrected chi connectivity index (χ3v) is 5.32. The molecule has 2 aliphatic rings. The summed E-state index contributed by atoms with van der Waals surface area (Å²) in [7, 11) is 0. The van der Waals surface area contributed by atoms with E-state index >= 15 is 0 Å². The van der Waals surface area contributed by atoms with Crippen LogP contribution in [0.5, 0.6) is 0 Å². The number of benzene rings is 2. The summed E-state index contributed by atoms with van der Waals surface area (Å²) >= 11 is 0. The fraction of sp³-hybridized carbons (Fsp3) is 0.333. The predicted octanol–water partition coefficient (Wildman–Crippen LogP) is 2.20. The summed E-state index contributed by atoms with van der Waals surface area (Å²) in [4.78, 5) is 30.3. The number of anilines is 1. The maximum absolute atomic E-state index is 13.8. The van der Waals surface area contributed by atoms with Gasteiger partial charge in [-0.1, -0.05) is 24.3 Å². The van der Waals surface area contributed by atoms with Gasteiger partial charge >= 0.3 is 0 Å². The number of amides is 2. The van der Waals surface area contributed by atoms with Crippen LogP contribution >= 0.6 is 0 Å². The van der Waals surface area contributed by atoms with E-state index in [1.807, 2.05) is 29.2 Å². The van der Waals surface area contributed by atoms with Crippen LogP contribution in [-0.4, -0.2) is 54.3 Å². The van der Waals surface area contributed by atoms with Gasteiger partial charge in [-0.2, -0.15) is 0 Å². The summed E-state index contributed by atoms with van der Waals surface area (Å²) < 4.78 is 26.9. The maximum atomic E-state index is 13.8. The van der Waals surface area contributed by atoms with E-state index in [-0.39, 0.29) is 37.0 Å². The molecule has 2 amide bonds. The number of piperazine rings is 1. The fourth-order valence-electron chi connectivity index (χ4n) is 3.79. The third kappa shape index (κ3) is 3.75. The first-order valence-electron chi connectivity index (χ1n) is 9.33. The number of hydrogen-bond acceptors (Lipinski definition) is 3. The lowest BCUT2D eigenvalue weighted by molar-refractivity contribution is -0.137. The van der Waals surface area contributed by atoms with Crippen molar-refractivity contribution in [3.8, 4) is 0 Å². The second-order valence-electron chi connectivity index (χ2n) is 7.19. The lowest BCUT2D eigenvalue weighted by Crippen LogP contribution is -2.52. The van der Waals surface area contributed by atoms with Gasteiger partial charge in [0, 0.05) is 43.5 Å². The molecule has 0 aliphatic carbocycles. The summed E-state index contributed by atoms with van der Waals surface area (Å²) in [6.45, 7) is 2.00. The molecule has 1 saturated heterocycles. The van der Waals surface area contributed by atoms with Crippen LogP contribution in [-0.2, 0) is 22.6 Å². The zero-order valence-electron chi connectivity index (χ0n) is 15.4. The van der Waals surface area contributed by atoms with E-state index in [9.17, 15) is 18.4 Å². The van der Waals surface area contributed by atoms with E-state index in [0.717, 1.165) is 23.7 Å². The highest BCUT2D eigenvalue weighted by Crippen LogP contribution is 2.27. The number of para-hydroxylation sites is 1. The minimum atomic E-state index is -0.655. The van der Waals surface area contributed by atoms with E-state index in [1.54, 1.807) is 9.80 Å². The Morgan fingerprint density at radius 3 is 2.64 bits per heavy atom. The molecule has 2 heterocycles. The lowest BCUT2D eigenvalue weighted by Gasteiger charge is -2.34. The molecule has 0 radical (unpaired) electrons. The van der Waals surface area contributed by atoms with Crippen LogP contribution in [0.25, 0.3) is 0 Å². The molecule has 0 saturated carbocycles. The average Bonchev–Trinajstić information content (AvgIpc) is 3.10. The number of fused-ring (bicyclic) bond motifs is 1. The first-order chi connectivity index (χ1) is 13.5. The SMILES string of the molecule is O=C1CN(CC(=O)N2CCc3ccccc32)CCN1Cc1ccc(F)cc1F. The highest BCUT2D eigenvalue weighted by molar-refractivity contribution is 5.97. The molecule has 2 aromatic carbocycles. The maximum Gasteiger partial charge on any atom is 0.241 e. The minimum Gasteiger partial charge on any atom is -0.336 e. The number of halogens is 2. The number of hydrogen-bond donors (Lipinski definition) is 0. The van der Waals surface area contributed by atoms with Gasteiger partial charge in [-0.05, 0) is 24.1 Å². The largest absolute Gasteiger partial charge is 0.336 e. The summed E-state index contributed by atoms with van der Waals surface area (Å²) in [5.41, 5.74) is 2.40. The predicted molar refractivity (Wildman–Crippen MR) is 101 cm³/mol. The van der Waals surface area contributed by atoms with Crippen molar-refractivity contribution in [2.45, 2.75) is 13.0 Å². The van der Waals surface area contributed by atoms with Gasteiger partial charge < -0.3 is 9.80 Å². The number of nitrogens with zero attached hydrogens (tertiary/aromatic N) is 3. The Kier molecular flexibility index (Phi) is 5.09. The topological polar surface area (TPSA) is 43.9 Å². The summed E-state index contributed by atoms with van der Waals surface area (Å²) in [5.74, 6) is -1.47. The molecule has 1 fully saturated rings. The Bertz CT molecular complexity index is 918. The third-order valence-electron chi connectivity index (χ3n) is 5.32. The van der Waals surface area contributed by atoms with E-state index in [2.05, 4.69) is 0 Å². The average molecular weight is 385 g/mol. The van der Waals surface area contributed by atoms with Crippen molar-refractivity contribution in [2.24, 2.45) is 0 Å².